The highest BCUT2D eigenvalue weighted by molar-refractivity contribution is 5.29. The van der Waals surface area contributed by atoms with Gasteiger partial charge in [-0.25, -0.2) is 0 Å². The molecule has 102 valence electrons. The smallest absolute Gasteiger partial charge is 0.119 e. The molecule has 0 saturated heterocycles. The lowest BCUT2D eigenvalue weighted by molar-refractivity contribution is 0.340. The molecule has 18 heavy (non-hydrogen) atoms. The van der Waals surface area contributed by atoms with Gasteiger partial charge in [0.2, 0.25) is 0 Å². The van der Waals surface area contributed by atoms with Gasteiger partial charge in [-0.05, 0) is 31.0 Å². The molecule has 0 aliphatic carbocycles. The van der Waals surface area contributed by atoms with Gasteiger partial charge in [0.1, 0.15) is 5.75 Å². The Morgan fingerprint density at radius 2 is 1.83 bits per heavy atom. The summed E-state index contributed by atoms with van der Waals surface area (Å²) >= 11 is 0. The molecule has 0 heterocycles. The van der Waals surface area contributed by atoms with Crippen LogP contribution in [0.4, 0.5) is 0 Å². The van der Waals surface area contributed by atoms with E-state index in [1.807, 2.05) is 19.1 Å². The van der Waals surface area contributed by atoms with E-state index in [0.717, 1.165) is 12.2 Å². The first-order valence-electron chi connectivity index (χ1n) is 7.00. The molecular weight excluding hydrogens is 224 g/mol. The van der Waals surface area contributed by atoms with Crippen LogP contribution in [0.1, 0.15) is 57.6 Å². The van der Waals surface area contributed by atoms with E-state index < -0.39 is 0 Å². The van der Waals surface area contributed by atoms with E-state index in [0.29, 0.717) is 6.61 Å². The Hall–Kier alpha value is -1.06. The van der Waals surface area contributed by atoms with E-state index in [1.165, 1.54) is 31.2 Å². The summed E-state index contributed by atoms with van der Waals surface area (Å²) < 4.78 is 5.44. The Kier molecular flexibility index (Phi) is 7.46. The number of unbranched alkanes of at least 4 members (excludes halogenated alkanes) is 3. The molecule has 0 saturated carbocycles. The van der Waals surface area contributed by atoms with Gasteiger partial charge in [-0.2, -0.15) is 0 Å². The number of hydrogen-bond acceptors (Lipinski definition) is 3. The third-order valence-corrected chi connectivity index (χ3v) is 3.14. The first-order valence-corrected chi connectivity index (χ1v) is 7.00. The lowest BCUT2D eigenvalue weighted by atomic mass is 10.0. The fourth-order valence-corrected chi connectivity index (χ4v) is 2.08. The minimum atomic E-state index is 0.248. The van der Waals surface area contributed by atoms with Gasteiger partial charge in [0.05, 0.1) is 6.61 Å². The maximum Gasteiger partial charge on any atom is 0.119 e. The summed E-state index contributed by atoms with van der Waals surface area (Å²) in [6.07, 6.45) is 6.16. The van der Waals surface area contributed by atoms with E-state index in [2.05, 4.69) is 24.5 Å². The highest BCUT2D eigenvalue weighted by Gasteiger charge is 2.09. The third-order valence-electron chi connectivity index (χ3n) is 3.14. The second-order valence-corrected chi connectivity index (χ2v) is 4.57. The molecule has 1 atom stereocenters. The van der Waals surface area contributed by atoms with E-state index in [-0.39, 0.29) is 6.04 Å². The summed E-state index contributed by atoms with van der Waals surface area (Å²) in [5, 5.41) is 0. The Morgan fingerprint density at radius 1 is 1.11 bits per heavy atom. The molecule has 0 radical (unpaired) electrons. The topological polar surface area (TPSA) is 47.3 Å². The van der Waals surface area contributed by atoms with Gasteiger partial charge in [-0.1, -0.05) is 44.7 Å². The average molecular weight is 250 g/mol. The zero-order chi connectivity index (χ0) is 13.2. The normalized spacial score (nSPS) is 12.4. The molecule has 3 N–H and O–H groups in total. The first kappa shape index (κ1) is 15.0. The molecular formula is C15H26N2O. The summed E-state index contributed by atoms with van der Waals surface area (Å²) in [6, 6.07) is 8.45. The lowest BCUT2D eigenvalue weighted by Crippen LogP contribution is -2.27. The number of hydrogen-bond donors (Lipinski definition) is 2. The van der Waals surface area contributed by atoms with Crippen molar-refractivity contribution in [2.45, 2.75) is 52.0 Å². The number of nitrogens with two attached hydrogens (primary N) is 1. The first-order chi connectivity index (χ1) is 8.81. The quantitative estimate of drug-likeness (QED) is 0.400. The minimum absolute atomic E-state index is 0.248. The van der Waals surface area contributed by atoms with Gasteiger partial charge in [-0.15, -0.1) is 0 Å². The molecule has 0 spiro atoms. The zero-order valence-electron chi connectivity index (χ0n) is 11.6. The van der Waals surface area contributed by atoms with Crippen LogP contribution in [0.3, 0.4) is 0 Å². The van der Waals surface area contributed by atoms with Crippen LogP contribution in [0.25, 0.3) is 0 Å². The fraction of sp³-hybridized carbons (Fsp3) is 0.600. The monoisotopic (exact) mass is 250 g/mol. The van der Waals surface area contributed by atoms with Crippen LogP contribution < -0.4 is 16.0 Å². The zero-order valence-corrected chi connectivity index (χ0v) is 11.6. The van der Waals surface area contributed by atoms with Crippen molar-refractivity contribution in [3.8, 4) is 5.75 Å². The van der Waals surface area contributed by atoms with Crippen LogP contribution in [0.2, 0.25) is 0 Å². The van der Waals surface area contributed by atoms with Crippen molar-refractivity contribution in [2.24, 2.45) is 5.84 Å². The highest BCUT2D eigenvalue weighted by atomic mass is 16.5. The number of benzene rings is 1. The van der Waals surface area contributed by atoms with E-state index in [9.17, 15) is 0 Å². The Bertz CT molecular complexity index is 311. The van der Waals surface area contributed by atoms with Crippen LogP contribution in [-0.4, -0.2) is 6.61 Å². The third kappa shape index (κ3) is 5.07. The number of ether oxygens (including phenoxy) is 1. The number of hydrazine groups is 1. The largest absolute Gasteiger partial charge is 0.494 e. The van der Waals surface area contributed by atoms with Crippen molar-refractivity contribution in [1.82, 2.24) is 5.43 Å². The summed E-state index contributed by atoms with van der Waals surface area (Å²) in [4.78, 5) is 0. The van der Waals surface area contributed by atoms with E-state index in [1.54, 1.807) is 0 Å². The standard InChI is InChI=1S/C15H26N2O/c1-3-5-6-7-8-15(17-16)13-9-11-14(12-10-13)18-4-2/h9-12,15,17H,3-8,16H2,1-2H3. The number of nitrogens with one attached hydrogen (secondary N) is 1. The van der Waals surface area contributed by atoms with Gasteiger partial charge in [-0.3, -0.25) is 11.3 Å². The van der Waals surface area contributed by atoms with Crippen molar-refractivity contribution in [1.29, 1.82) is 0 Å². The Labute approximate surface area is 111 Å². The van der Waals surface area contributed by atoms with Gasteiger partial charge in [0.25, 0.3) is 0 Å². The SMILES string of the molecule is CCCCCCC(NN)c1ccc(OCC)cc1. The molecule has 0 amide bonds. The van der Waals surface area contributed by atoms with Crippen molar-refractivity contribution in [3.05, 3.63) is 29.8 Å². The molecule has 1 aromatic rings. The van der Waals surface area contributed by atoms with Gasteiger partial charge in [0, 0.05) is 6.04 Å². The van der Waals surface area contributed by atoms with Gasteiger partial charge < -0.3 is 4.74 Å². The second-order valence-electron chi connectivity index (χ2n) is 4.57. The van der Waals surface area contributed by atoms with E-state index in [4.69, 9.17) is 10.6 Å². The number of rotatable bonds is 9. The molecule has 0 aliphatic heterocycles. The fourth-order valence-electron chi connectivity index (χ4n) is 2.08. The van der Waals surface area contributed by atoms with Crippen LogP contribution in [0.15, 0.2) is 24.3 Å². The van der Waals surface area contributed by atoms with Crippen LogP contribution in [0.5, 0.6) is 5.75 Å². The Morgan fingerprint density at radius 3 is 2.39 bits per heavy atom. The van der Waals surface area contributed by atoms with Crippen molar-refractivity contribution >= 4 is 0 Å². The average Bonchev–Trinajstić information content (AvgIpc) is 2.41. The van der Waals surface area contributed by atoms with Gasteiger partial charge >= 0.3 is 0 Å². The molecule has 0 aromatic heterocycles. The molecule has 0 fully saturated rings. The van der Waals surface area contributed by atoms with Crippen LogP contribution >= 0.6 is 0 Å². The van der Waals surface area contributed by atoms with Crippen molar-refractivity contribution in [3.63, 3.8) is 0 Å². The summed E-state index contributed by atoms with van der Waals surface area (Å²) in [7, 11) is 0. The second kappa shape index (κ2) is 8.95. The predicted molar refractivity (Wildman–Crippen MR) is 76.4 cm³/mol. The molecule has 3 nitrogen and oxygen atoms in total. The summed E-state index contributed by atoms with van der Waals surface area (Å²) in [5.41, 5.74) is 4.14. The van der Waals surface area contributed by atoms with E-state index >= 15 is 0 Å². The van der Waals surface area contributed by atoms with Crippen LogP contribution in [0, 0.1) is 0 Å². The van der Waals surface area contributed by atoms with Gasteiger partial charge in [0.15, 0.2) is 0 Å². The molecule has 0 aliphatic rings. The maximum atomic E-state index is 5.64. The summed E-state index contributed by atoms with van der Waals surface area (Å²) in [5.74, 6) is 6.55. The molecule has 1 rings (SSSR count). The maximum absolute atomic E-state index is 5.64. The van der Waals surface area contributed by atoms with Crippen molar-refractivity contribution < 1.29 is 4.74 Å². The molecule has 1 unspecified atom stereocenters. The molecule has 1 aromatic carbocycles. The van der Waals surface area contributed by atoms with Crippen molar-refractivity contribution in [2.75, 3.05) is 6.61 Å². The predicted octanol–water partition coefficient (Wildman–Crippen LogP) is 3.56. The Balaban J connectivity index is 2.48. The highest BCUT2D eigenvalue weighted by Crippen LogP contribution is 2.22. The lowest BCUT2D eigenvalue weighted by Gasteiger charge is -2.16. The molecule has 0 bridgehead atoms. The van der Waals surface area contributed by atoms with Crippen LogP contribution in [-0.2, 0) is 0 Å². The minimum Gasteiger partial charge on any atom is -0.494 e. The molecule has 3 heteroatoms. The summed E-state index contributed by atoms with van der Waals surface area (Å²) in [6.45, 7) is 4.92.